The Morgan fingerprint density at radius 2 is 1.15 bits per heavy atom. The first-order valence-electron chi connectivity index (χ1n) is 15.2. The molecule has 13 heteroatoms. The average molecular weight is 963 g/mol. The molecule has 2 aromatic heterocycles. The summed E-state index contributed by atoms with van der Waals surface area (Å²) in [7, 11) is 0. The number of hydrogen-bond acceptors (Lipinski definition) is 6. The van der Waals surface area contributed by atoms with E-state index in [1.54, 1.807) is 30.5 Å². The first kappa shape index (κ1) is 38.8. The molecule has 2 fully saturated rings. The Balaban J connectivity index is 0.000000182. The molecule has 2 aliphatic heterocycles. The smallest absolute Gasteiger partial charge is 0.151 e. The second-order valence-electron chi connectivity index (χ2n) is 11.3. The van der Waals surface area contributed by atoms with Gasteiger partial charge in [0.15, 0.2) is 22.5 Å². The zero-order valence-electron chi connectivity index (χ0n) is 25.9. The molecule has 6 nitrogen and oxygen atoms in total. The number of piperidine rings is 2. The fourth-order valence-electron chi connectivity index (χ4n) is 4.74. The van der Waals surface area contributed by atoms with Gasteiger partial charge in [-0.3, -0.25) is 0 Å². The molecule has 6 rings (SSSR count). The molecule has 1 N–H and O–H groups in total. The van der Waals surface area contributed by atoms with E-state index in [9.17, 15) is 0 Å². The van der Waals surface area contributed by atoms with Crippen LogP contribution in [0.3, 0.4) is 0 Å². The zero-order chi connectivity index (χ0) is 33.9. The van der Waals surface area contributed by atoms with E-state index in [1.165, 1.54) is 32.1 Å². The molecule has 0 spiro atoms. The lowest BCUT2D eigenvalue weighted by Gasteiger charge is -2.31. The molecule has 47 heavy (non-hydrogen) atoms. The van der Waals surface area contributed by atoms with E-state index >= 15 is 0 Å². The van der Waals surface area contributed by atoms with Gasteiger partial charge in [0.05, 0.1) is 10.0 Å². The third kappa shape index (κ3) is 12.1. The largest absolute Gasteiger partial charge is 0.454 e. The maximum absolute atomic E-state index is 6.54. The number of halogens is 7. The number of rotatable bonds is 5. The van der Waals surface area contributed by atoms with Crippen molar-refractivity contribution < 1.29 is 9.47 Å². The molecular weight excluding hydrogens is 927 g/mol. The van der Waals surface area contributed by atoms with Crippen molar-refractivity contribution in [3.8, 4) is 23.0 Å². The molecule has 2 saturated heterocycles. The van der Waals surface area contributed by atoms with E-state index in [1.807, 2.05) is 24.3 Å². The fraction of sp³-hybridized carbons (Fsp3) is 0.353. The lowest BCUT2D eigenvalue weighted by molar-refractivity contribution is 0.402. The number of benzene rings is 2. The highest BCUT2D eigenvalue weighted by atomic mass is 127. The highest BCUT2D eigenvalue weighted by molar-refractivity contribution is 14.1. The minimum absolute atomic E-state index is 0.200. The maximum Gasteiger partial charge on any atom is 0.151 e. The van der Waals surface area contributed by atoms with Gasteiger partial charge >= 0.3 is 0 Å². The van der Waals surface area contributed by atoms with E-state index in [-0.39, 0.29) is 10.2 Å². The van der Waals surface area contributed by atoms with Crippen molar-refractivity contribution in [3.63, 3.8) is 0 Å². The average Bonchev–Trinajstić information content (AvgIpc) is 3.04. The van der Waals surface area contributed by atoms with Gasteiger partial charge in [-0.05, 0) is 132 Å². The van der Waals surface area contributed by atoms with Crippen molar-refractivity contribution in [1.82, 2.24) is 15.3 Å². The van der Waals surface area contributed by atoms with Gasteiger partial charge in [0, 0.05) is 44.8 Å². The van der Waals surface area contributed by atoms with Crippen LogP contribution in [0.2, 0.25) is 25.2 Å². The van der Waals surface area contributed by atoms with Crippen molar-refractivity contribution in [2.75, 3.05) is 31.1 Å². The summed E-state index contributed by atoms with van der Waals surface area (Å²) in [6.07, 6.45) is 8.32. The van der Waals surface area contributed by atoms with Crippen LogP contribution in [0.1, 0.15) is 39.5 Å². The first-order valence-corrected chi connectivity index (χ1v) is 19.2. The van der Waals surface area contributed by atoms with Crippen LogP contribution in [-0.2, 0) is 0 Å². The number of aromatic nitrogens is 2. The van der Waals surface area contributed by atoms with Crippen LogP contribution in [0.4, 0.5) is 5.82 Å². The summed E-state index contributed by atoms with van der Waals surface area (Å²) < 4.78 is 13.6. The third-order valence-corrected chi connectivity index (χ3v) is 10.6. The van der Waals surface area contributed by atoms with Gasteiger partial charge in [-0.25, -0.2) is 9.97 Å². The summed E-state index contributed by atoms with van der Waals surface area (Å²) >= 11 is 35.0. The van der Waals surface area contributed by atoms with E-state index in [0.717, 1.165) is 50.7 Å². The number of ether oxygens (including phenoxy) is 2. The quantitative estimate of drug-likeness (QED) is 0.159. The summed E-state index contributed by atoms with van der Waals surface area (Å²) in [5.41, 5.74) is 0. The topological polar surface area (TPSA) is 59.5 Å². The summed E-state index contributed by atoms with van der Waals surface area (Å²) in [5, 5.41) is 5.40. The third-order valence-electron chi connectivity index (χ3n) is 7.59. The van der Waals surface area contributed by atoms with Crippen molar-refractivity contribution >= 4 is 109 Å². The molecule has 0 bridgehead atoms. The van der Waals surface area contributed by atoms with Gasteiger partial charge in [0.25, 0.3) is 0 Å². The van der Waals surface area contributed by atoms with Crippen LogP contribution in [-0.4, -0.2) is 36.1 Å². The number of nitrogens with zero attached hydrogens (tertiary/aromatic N) is 3. The number of anilines is 1. The Hall–Kier alpha value is -0.990. The van der Waals surface area contributed by atoms with Crippen LogP contribution < -0.4 is 19.7 Å². The van der Waals surface area contributed by atoms with Gasteiger partial charge in [-0.2, -0.15) is 0 Å². The van der Waals surface area contributed by atoms with Crippen LogP contribution in [0.5, 0.6) is 23.0 Å². The van der Waals surface area contributed by atoms with Crippen molar-refractivity contribution in [1.29, 1.82) is 0 Å². The molecule has 4 heterocycles. The Morgan fingerprint density at radius 1 is 0.660 bits per heavy atom. The zero-order valence-corrected chi connectivity index (χ0v) is 34.0. The summed E-state index contributed by atoms with van der Waals surface area (Å²) in [6.45, 7) is 9.02. The Morgan fingerprint density at radius 3 is 1.64 bits per heavy atom. The lowest BCUT2D eigenvalue weighted by atomic mass is 9.99. The van der Waals surface area contributed by atoms with Crippen LogP contribution in [0.15, 0.2) is 60.9 Å². The lowest BCUT2D eigenvalue weighted by Crippen LogP contribution is -2.33. The van der Waals surface area contributed by atoms with Crippen LogP contribution >= 0.6 is 103 Å². The molecule has 252 valence electrons. The monoisotopic (exact) mass is 960 g/mol. The standard InChI is InChI=1S/C17H17Cl2IN2O.C11H5Cl3INO.C6H13N/c1-11-5-8-22(9-6-11)17-16(19)15(4-7-21-17)23-14-3-2-12(20)10-13(14)18;12-7-5-6(15)1-2-8(7)17-9-3-4-16-11(14)10(9)13;1-6-2-4-7-5-3-6/h2-4,7,10-11H,5-6,8-9H2,1H3;1-5H;6-7H,2-5H2,1H3. The summed E-state index contributed by atoms with van der Waals surface area (Å²) in [4.78, 5) is 10.5. The molecule has 2 aromatic carbocycles. The van der Waals surface area contributed by atoms with E-state index in [0.29, 0.717) is 38.1 Å². The summed E-state index contributed by atoms with van der Waals surface area (Å²) in [5.74, 6) is 4.65. The highest BCUT2D eigenvalue weighted by Gasteiger charge is 2.21. The van der Waals surface area contributed by atoms with Gasteiger partial charge in [-0.15, -0.1) is 0 Å². The van der Waals surface area contributed by atoms with Crippen LogP contribution in [0.25, 0.3) is 0 Å². The minimum Gasteiger partial charge on any atom is -0.454 e. The van der Waals surface area contributed by atoms with Crippen LogP contribution in [0, 0.1) is 19.0 Å². The van der Waals surface area contributed by atoms with Gasteiger partial charge in [0.2, 0.25) is 0 Å². The molecule has 4 aromatic rings. The predicted octanol–water partition coefficient (Wildman–Crippen LogP) is 12.5. The van der Waals surface area contributed by atoms with E-state index in [4.69, 9.17) is 67.5 Å². The molecule has 0 unspecified atom stereocenters. The van der Waals surface area contributed by atoms with E-state index < -0.39 is 0 Å². The molecule has 0 radical (unpaired) electrons. The molecule has 0 atom stereocenters. The molecule has 2 aliphatic rings. The summed E-state index contributed by atoms with van der Waals surface area (Å²) in [6, 6.07) is 14.5. The maximum atomic E-state index is 6.54. The molecule has 0 saturated carbocycles. The first-order chi connectivity index (χ1) is 22.5. The van der Waals surface area contributed by atoms with Crippen molar-refractivity contribution in [2.45, 2.75) is 39.5 Å². The second-order valence-corrected chi connectivity index (χ2v) is 15.7. The number of nitrogens with one attached hydrogen (secondary N) is 1. The van der Waals surface area contributed by atoms with E-state index in [2.05, 4.69) is 79.2 Å². The Bertz CT molecular complexity index is 1620. The molecular formula is C34H35Cl5I2N4O2. The molecule has 0 aliphatic carbocycles. The SMILES string of the molecule is CC1CCN(c2nccc(Oc3ccc(I)cc3Cl)c2Cl)CC1.CC1CCNCC1.Clc1cc(I)ccc1Oc1ccnc(Cl)c1Cl. The van der Waals surface area contributed by atoms with Gasteiger partial charge < -0.3 is 19.7 Å². The number of pyridine rings is 2. The second kappa shape index (κ2) is 19.4. The van der Waals surface area contributed by atoms with Crippen molar-refractivity contribution in [3.05, 3.63) is 93.3 Å². The predicted molar refractivity (Wildman–Crippen MR) is 214 cm³/mol. The van der Waals surface area contributed by atoms with Crippen molar-refractivity contribution in [2.24, 2.45) is 11.8 Å². The van der Waals surface area contributed by atoms with Gasteiger partial charge in [-0.1, -0.05) is 71.9 Å². The fourth-order valence-corrected chi connectivity index (χ4v) is 7.09. The molecule has 0 amide bonds. The Labute approximate surface area is 329 Å². The number of hydrogen-bond donors (Lipinski definition) is 1. The Kier molecular flexibility index (Phi) is 16.0. The van der Waals surface area contributed by atoms with Gasteiger partial charge in [0.1, 0.15) is 21.5 Å². The normalized spacial score (nSPS) is 15.2. The highest BCUT2D eigenvalue weighted by Crippen LogP contribution is 2.39. The minimum atomic E-state index is 0.200.